The van der Waals surface area contributed by atoms with Crippen molar-refractivity contribution in [2.45, 2.75) is 18.9 Å². The molecular weight excluding hydrogens is 423 g/mol. The first kappa shape index (κ1) is 21.3. The molecule has 1 aliphatic rings. The van der Waals surface area contributed by atoms with E-state index >= 15 is 0 Å². The summed E-state index contributed by atoms with van der Waals surface area (Å²) in [4.78, 5) is 28.3. The fourth-order valence-electron chi connectivity index (χ4n) is 3.39. The van der Waals surface area contributed by atoms with Gasteiger partial charge in [-0.25, -0.2) is 8.78 Å². The van der Waals surface area contributed by atoms with E-state index in [4.69, 9.17) is 23.2 Å². The number of hydrogen-bond acceptors (Lipinski definition) is 3. The van der Waals surface area contributed by atoms with Crippen molar-refractivity contribution in [3.63, 3.8) is 0 Å². The van der Waals surface area contributed by atoms with Crippen LogP contribution in [0, 0.1) is 11.6 Å². The lowest BCUT2D eigenvalue weighted by molar-refractivity contribution is -0.119. The van der Waals surface area contributed by atoms with Crippen molar-refractivity contribution in [2.24, 2.45) is 0 Å². The summed E-state index contributed by atoms with van der Waals surface area (Å²) >= 11 is 12.1. The Bertz CT molecular complexity index is 946. The monoisotopic (exact) mass is 441 g/mol. The van der Waals surface area contributed by atoms with E-state index < -0.39 is 29.5 Å². The highest BCUT2D eigenvalue weighted by Gasteiger charge is 2.35. The van der Waals surface area contributed by atoms with Crippen LogP contribution < -0.4 is 10.2 Å². The fraction of sp³-hybridized carbons (Fsp3) is 0.300. The van der Waals surface area contributed by atoms with Gasteiger partial charge in [-0.05, 0) is 43.2 Å². The second-order valence-corrected chi connectivity index (χ2v) is 7.80. The first-order valence-corrected chi connectivity index (χ1v) is 9.68. The molecule has 2 aromatic carbocycles. The third-order valence-corrected chi connectivity index (χ3v) is 5.27. The Hall–Kier alpha value is -2.38. The first-order chi connectivity index (χ1) is 13.7. The minimum absolute atomic E-state index is 0.0179. The maximum Gasteiger partial charge on any atom is 0.256 e. The summed E-state index contributed by atoms with van der Waals surface area (Å²) < 4.78 is 28.3. The Kier molecular flexibility index (Phi) is 6.29. The maximum absolute atomic E-state index is 14.2. The third-order valence-electron chi connectivity index (χ3n) is 4.71. The molecule has 0 radical (unpaired) electrons. The highest BCUT2D eigenvalue weighted by molar-refractivity contribution is 6.35. The van der Waals surface area contributed by atoms with Gasteiger partial charge in [0.15, 0.2) is 11.6 Å². The number of carbonyl (C=O) groups excluding carboxylic acids is 2. The van der Waals surface area contributed by atoms with Crippen LogP contribution >= 0.6 is 23.2 Å². The molecule has 1 unspecified atom stereocenters. The quantitative estimate of drug-likeness (QED) is 0.755. The van der Waals surface area contributed by atoms with Gasteiger partial charge < -0.3 is 15.1 Å². The van der Waals surface area contributed by atoms with E-state index in [1.807, 2.05) is 0 Å². The molecule has 2 amide bonds. The number of anilines is 2. The summed E-state index contributed by atoms with van der Waals surface area (Å²) in [5, 5.41) is 3.09. The second-order valence-electron chi connectivity index (χ2n) is 6.95. The van der Waals surface area contributed by atoms with Gasteiger partial charge >= 0.3 is 0 Å². The number of nitrogens with zero attached hydrogens (tertiary/aromatic N) is 2. The smallest absolute Gasteiger partial charge is 0.256 e. The number of likely N-dealkylation sites (tertiary alicyclic amines) is 1. The number of nitrogens with one attached hydrogen (secondary N) is 1. The highest BCUT2D eigenvalue weighted by Crippen LogP contribution is 2.29. The molecule has 154 valence electrons. The van der Waals surface area contributed by atoms with Crippen LogP contribution in [-0.4, -0.2) is 43.4 Å². The molecule has 3 rings (SSSR count). The van der Waals surface area contributed by atoms with Crippen LogP contribution in [0.5, 0.6) is 0 Å². The number of halogens is 4. The molecule has 9 heteroatoms. The molecule has 5 nitrogen and oxygen atoms in total. The van der Waals surface area contributed by atoms with Crippen LogP contribution in [0.15, 0.2) is 30.3 Å². The van der Waals surface area contributed by atoms with Crippen molar-refractivity contribution in [1.29, 1.82) is 0 Å². The molecule has 1 aliphatic heterocycles. The van der Waals surface area contributed by atoms with Crippen molar-refractivity contribution in [3.05, 3.63) is 57.6 Å². The fourth-order valence-corrected chi connectivity index (χ4v) is 3.76. The molecule has 2 aromatic rings. The predicted octanol–water partition coefficient (Wildman–Crippen LogP) is 4.58. The van der Waals surface area contributed by atoms with Crippen LogP contribution in [0.4, 0.5) is 20.2 Å². The average molecular weight is 442 g/mol. The van der Waals surface area contributed by atoms with E-state index in [0.717, 1.165) is 12.1 Å². The van der Waals surface area contributed by atoms with Crippen LogP contribution in [0.3, 0.4) is 0 Å². The molecule has 1 N–H and O–H groups in total. The van der Waals surface area contributed by atoms with E-state index in [1.165, 1.54) is 36.0 Å². The first-order valence-electron chi connectivity index (χ1n) is 8.92. The van der Waals surface area contributed by atoms with E-state index in [1.54, 1.807) is 6.07 Å². The summed E-state index contributed by atoms with van der Waals surface area (Å²) in [5.41, 5.74) is -0.0155. The molecule has 0 aromatic heterocycles. The van der Waals surface area contributed by atoms with Crippen molar-refractivity contribution < 1.29 is 18.4 Å². The highest BCUT2D eigenvalue weighted by atomic mass is 35.5. The van der Waals surface area contributed by atoms with Crippen LogP contribution in [0.1, 0.15) is 23.2 Å². The minimum Gasteiger partial charge on any atom is -0.373 e. The summed E-state index contributed by atoms with van der Waals surface area (Å²) in [7, 11) is 3.03. The van der Waals surface area contributed by atoms with Gasteiger partial charge in [0.05, 0.1) is 10.6 Å². The minimum atomic E-state index is -0.796. The van der Waals surface area contributed by atoms with E-state index in [9.17, 15) is 18.4 Å². The number of amides is 2. The summed E-state index contributed by atoms with van der Waals surface area (Å²) in [6.07, 6.45) is 1.04. The van der Waals surface area contributed by atoms with Gasteiger partial charge in [0.1, 0.15) is 11.7 Å². The molecule has 0 spiro atoms. The Balaban J connectivity index is 1.80. The number of rotatable bonds is 4. The lowest BCUT2D eigenvalue weighted by atomic mass is 10.1. The van der Waals surface area contributed by atoms with Gasteiger partial charge in [0, 0.05) is 31.4 Å². The second kappa shape index (κ2) is 8.55. The summed E-state index contributed by atoms with van der Waals surface area (Å²) in [6, 6.07) is 5.84. The largest absolute Gasteiger partial charge is 0.373 e. The maximum atomic E-state index is 14.2. The van der Waals surface area contributed by atoms with Gasteiger partial charge in [-0.3, -0.25) is 9.59 Å². The van der Waals surface area contributed by atoms with Crippen LogP contribution in [0.25, 0.3) is 0 Å². The standard InChI is InChI=1S/C20H19Cl2F2N3O2/c1-26(2)18-15(23)9-12(10-16(18)24)25-19(28)17-4-3-7-27(17)20(29)13-8-11(21)5-6-14(13)22/h5-6,8-10,17H,3-4,7H2,1-2H3,(H,25,28). The van der Waals surface area contributed by atoms with Crippen LogP contribution in [0.2, 0.25) is 10.0 Å². The van der Waals surface area contributed by atoms with Gasteiger partial charge in [-0.1, -0.05) is 23.2 Å². The van der Waals surface area contributed by atoms with Crippen LogP contribution in [-0.2, 0) is 4.79 Å². The van der Waals surface area contributed by atoms with Gasteiger partial charge in [0.25, 0.3) is 5.91 Å². The van der Waals surface area contributed by atoms with E-state index in [2.05, 4.69) is 5.32 Å². The number of benzene rings is 2. The normalized spacial score (nSPS) is 16.1. The molecular formula is C20H19Cl2F2N3O2. The Labute approximate surface area is 177 Å². The molecule has 0 aliphatic carbocycles. The third kappa shape index (κ3) is 4.46. The van der Waals surface area contributed by atoms with E-state index in [0.29, 0.717) is 24.4 Å². The molecule has 0 saturated carbocycles. The molecule has 1 atom stereocenters. The molecule has 1 fully saturated rings. The summed E-state index contributed by atoms with van der Waals surface area (Å²) in [5.74, 6) is -2.54. The zero-order chi connectivity index (χ0) is 21.3. The molecule has 1 heterocycles. The molecule has 29 heavy (non-hydrogen) atoms. The predicted molar refractivity (Wildman–Crippen MR) is 110 cm³/mol. The SMILES string of the molecule is CN(C)c1c(F)cc(NC(=O)C2CCCN2C(=O)c2cc(Cl)ccc2Cl)cc1F. The van der Waals surface area contributed by atoms with Crippen molar-refractivity contribution in [1.82, 2.24) is 4.90 Å². The van der Waals surface area contributed by atoms with Crippen molar-refractivity contribution in [2.75, 3.05) is 30.9 Å². The molecule has 1 saturated heterocycles. The van der Waals surface area contributed by atoms with Gasteiger partial charge in [-0.15, -0.1) is 0 Å². The molecule has 0 bridgehead atoms. The van der Waals surface area contributed by atoms with Gasteiger partial charge in [0.2, 0.25) is 5.91 Å². The Morgan fingerprint density at radius 2 is 1.79 bits per heavy atom. The Morgan fingerprint density at radius 1 is 1.14 bits per heavy atom. The summed E-state index contributed by atoms with van der Waals surface area (Å²) in [6.45, 7) is 0.363. The topological polar surface area (TPSA) is 52.7 Å². The number of carbonyl (C=O) groups is 2. The number of hydrogen-bond donors (Lipinski definition) is 1. The van der Waals surface area contributed by atoms with Crippen molar-refractivity contribution >= 4 is 46.4 Å². The zero-order valence-corrected chi connectivity index (χ0v) is 17.3. The Morgan fingerprint density at radius 3 is 2.41 bits per heavy atom. The average Bonchev–Trinajstić information content (AvgIpc) is 3.12. The van der Waals surface area contributed by atoms with Crippen molar-refractivity contribution in [3.8, 4) is 0 Å². The zero-order valence-electron chi connectivity index (χ0n) is 15.8. The lowest BCUT2D eigenvalue weighted by Gasteiger charge is -2.25. The lowest BCUT2D eigenvalue weighted by Crippen LogP contribution is -2.43. The van der Waals surface area contributed by atoms with Gasteiger partial charge in [-0.2, -0.15) is 0 Å². The van der Waals surface area contributed by atoms with E-state index in [-0.39, 0.29) is 22.0 Å².